The van der Waals surface area contributed by atoms with Gasteiger partial charge in [0.25, 0.3) is 0 Å². The molecule has 1 aromatic heterocycles. The molecule has 0 saturated carbocycles. The van der Waals surface area contributed by atoms with Crippen LogP contribution in [-0.4, -0.2) is 39.7 Å². The summed E-state index contributed by atoms with van der Waals surface area (Å²) >= 11 is 1.34. The Morgan fingerprint density at radius 3 is 2.34 bits per heavy atom. The maximum atomic E-state index is 12.9. The third-order valence-electron chi connectivity index (χ3n) is 3.72. The molecular formula is C19H24N2O6S2. The second kappa shape index (κ2) is 8.83. The lowest BCUT2D eigenvalue weighted by Crippen LogP contribution is -2.47. The number of nitrogens with one attached hydrogen (secondary N) is 1. The number of nitrogens with zero attached hydrogens (tertiary/aromatic N) is 1. The molecule has 29 heavy (non-hydrogen) atoms. The van der Waals surface area contributed by atoms with Gasteiger partial charge in [-0.25, -0.2) is 13.8 Å². The summed E-state index contributed by atoms with van der Waals surface area (Å²) in [7, 11) is -3.27. The summed E-state index contributed by atoms with van der Waals surface area (Å²) in [6, 6.07) is 9.44. The van der Waals surface area contributed by atoms with E-state index in [4.69, 9.17) is 4.74 Å². The molecule has 0 spiro atoms. The summed E-state index contributed by atoms with van der Waals surface area (Å²) < 4.78 is 38.1. The first-order chi connectivity index (χ1) is 13.4. The van der Waals surface area contributed by atoms with E-state index in [1.807, 2.05) is 35.1 Å². The molecule has 0 aliphatic heterocycles. The predicted octanol–water partition coefficient (Wildman–Crippen LogP) is 3.47. The Hall–Kier alpha value is -2.59. The number of ether oxygens (including phenoxy) is 2. The Bertz CT molecular complexity index is 978. The highest BCUT2D eigenvalue weighted by Crippen LogP contribution is 2.38. The first kappa shape index (κ1) is 22.7. The lowest BCUT2D eigenvalue weighted by Gasteiger charge is -2.25. The van der Waals surface area contributed by atoms with Crippen LogP contribution in [0.4, 0.5) is 10.5 Å². The first-order valence-electron chi connectivity index (χ1n) is 8.68. The lowest BCUT2D eigenvalue weighted by atomic mass is 10.1. The molecule has 2 aromatic rings. The van der Waals surface area contributed by atoms with Crippen molar-refractivity contribution in [1.82, 2.24) is 4.72 Å². The average Bonchev–Trinajstić information content (AvgIpc) is 2.98. The van der Waals surface area contributed by atoms with E-state index in [0.29, 0.717) is 5.56 Å². The summed E-state index contributed by atoms with van der Waals surface area (Å²) in [5.74, 6) is -0.772. The normalized spacial score (nSPS) is 11.6. The van der Waals surface area contributed by atoms with Crippen LogP contribution in [0.15, 0.2) is 35.7 Å². The molecule has 0 radical (unpaired) electrons. The maximum absolute atomic E-state index is 12.9. The lowest BCUT2D eigenvalue weighted by molar-refractivity contribution is -0.138. The van der Waals surface area contributed by atoms with Crippen molar-refractivity contribution in [2.45, 2.75) is 33.3 Å². The SMILES string of the molecule is COC(=O)CN(c1csc(-c2ccccc2)c1C)S(=O)(=O)NC(=O)OC(C)(C)C. The Labute approximate surface area is 174 Å². The molecule has 0 atom stereocenters. The number of thiophene rings is 1. The van der Waals surface area contributed by atoms with Gasteiger partial charge in [-0.3, -0.25) is 4.79 Å². The molecule has 1 heterocycles. The molecule has 0 fully saturated rings. The van der Waals surface area contributed by atoms with Crippen LogP contribution in [-0.2, 0) is 24.5 Å². The van der Waals surface area contributed by atoms with Gasteiger partial charge in [0.15, 0.2) is 0 Å². The third-order valence-corrected chi connectivity index (χ3v) is 6.17. The van der Waals surface area contributed by atoms with E-state index in [2.05, 4.69) is 4.74 Å². The van der Waals surface area contributed by atoms with Crippen molar-refractivity contribution in [2.75, 3.05) is 18.0 Å². The number of anilines is 1. The number of hydrogen-bond donors (Lipinski definition) is 1. The van der Waals surface area contributed by atoms with E-state index in [0.717, 1.165) is 21.9 Å². The van der Waals surface area contributed by atoms with Crippen molar-refractivity contribution in [3.05, 3.63) is 41.3 Å². The fraction of sp³-hybridized carbons (Fsp3) is 0.368. The molecule has 10 heteroatoms. The number of carbonyl (C=O) groups excluding carboxylic acids is 2. The van der Waals surface area contributed by atoms with Crippen LogP contribution in [0.1, 0.15) is 26.3 Å². The van der Waals surface area contributed by atoms with Crippen molar-refractivity contribution in [2.24, 2.45) is 0 Å². The zero-order valence-electron chi connectivity index (χ0n) is 16.9. The van der Waals surface area contributed by atoms with E-state index >= 15 is 0 Å². The van der Waals surface area contributed by atoms with E-state index in [1.165, 1.54) is 11.3 Å². The summed E-state index contributed by atoms with van der Waals surface area (Å²) in [6.45, 7) is 5.99. The molecule has 8 nitrogen and oxygen atoms in total. The van der Waals surface area contributed by atoms with E-state index in [1.54, 1.807) is 33.1 Å². The number of hydrogen-bond acceptors (Lipinski definition) is 7. The molecule has 0 bridgehead atoms. The largest absolute Gasteiger partial charge is 0.468 e. The van der Waals surface area contributed by atoms with Gasteiger partial charge in [0.2, 0.25) is 0 Å². The van der Waals surface area contributed by atoms with Gasteiger partial charge in [0, 0.05) is 10.3 Å². The van der Waals surface area contributed by atoms with Gasteiger partial charge in [-0.1, -0.05) is 30.3 Å². The summed E-state index contributed by atoms with van der Waals surface area (Å²) in [5, 5.41) is 1.62. The van der Waals surface area contributed by atoms with Crippen LogP contribution >= 0.6 is 11.3 Å². The van der Waals surface area contributed by atoms with Gasteiger partial charge in [-0.2, -0.15) is 8.42 Å². The van der Waals surface area contributed by atoms with Gasteiger partial charge in [0.1, 0.15) is 12.1 Å². The molecule has 0 aliphatic carbocycles. The average molecular weight is 441 g/mol. The highest BCUT2D eigenvalue weighted by atomic mass is 32.2. The smallest absolute Gasteiger partial charge is 0.422 e. The topological polar surface area (TPSA) is 102 Å². The van der Waals surface area contributed by atoms with Crippen molar-refractivity contribution in [3.63, 3.8) is 0 Å². The maximum Gasteiger partial charge on any atom is 0.422 e. The number of carbonyl (C=O) groups is 2. The fourth-order valence-corrected chi connectivity index (χ4v) is 4.71. The Kier molecular flexibility index (Phi) is 6.91. The molecule has 0 saturated heterocycles. The molecule has 1 amide bonds. The molecule has 158 valence electrons. The van der Waals surface area contributed by atoms with Crippen molar-refractivity contribution >= 4 is 39.3 Å². The zero-order valence-corrected chi connectivity index (χ0v) is 18.5. The minimum Gasteiger partial charge on any atom is -0.468 e. The van der Waals surface area contributed by atoms with Gasteiger partial charge in [0.05, 0.1) is 12.8 Å². The predicted molar refractivity (Wildman–Crippen MR) is 112 cm³/mol. The highest BCUT2D eigenvalue weighted by molar-refractivity contribution is 7.91. The molecule has 1 N–H and O–H groups in total. The van der Waals surface area contributed by atoms with Crippen LogP contribution in [0.3, 0.4) is 0 Å². The monoisotopic (exact) mass is 440 g/mol. The van der Waals surface area contributed by atoms with Crippen LogP contribution < -0.4 is 9.03 Å². The third kappa shape index (κ3) is 5.94. The second-order valence-electron chi connectivity index (χ2n) is 7.13. The number of benzene rings is 1. The van der Waals surface area contributed by atoms with E-state index in [9.17, 15) is 18.0 Å². The van der Waals surface area contributed by atoms with Crippen LogP contribution in [0, 0.1) is 6.92 Å². The summed E-state index contributed by atoms with van der Waals surface area (Å²) in [5.41, 5.74) is 0.956. The first-order valence-corrected chi connectivity index (χ1v) is 11.0. The quantitative estimate of drug-likeness (QED) is 0.690. The number of rotatable bonds is 6. The number of amides is 1. The molecule has 1 aromatic carbocycles. The molecule has 0 aliphatic rings. The van der Waals surface area contributed by atoms with E-state index in [-0.39, 0.29) is 5.69 Å². The van der Waals surface area contributed by atoms with Crippen molar-refractivity contribution < 1.29 is 27.5 Å². The van der Waals surface area contributed by atoms with Crippen LogP contribution in [0.2, 0.25) is 0 Å². The van der Waals surface area contributed by atoms with Crippen LogP contribution in [0.5, 0.6) is 0 Å². The van der Waals surface area contributed by atoms with Crippen molar-refractivity contribution in [3.8, 4) is 10.4 Å². The minimum absolute atomic E-state index is 0.273. The molecular weight excluding hydrogens is 416 g/mol. The zero-order chi connectivity index (χ0) is 21.8. The summed E-state index contributed by atoms with van der Waals surface area (Å²) in [6.07, 6.45) is -1.14. The van der Waals surface area contributed by atoms with Crippen molar-refractivity contribution in [1.29, 1.82) is 0 Å². The van der Waals surface area contributed by atoms with Gasteiger partial charge < -0.3 is 9.47 Å². The summed E-state index contributed by atoms with van der Waals surface area (Å²) in [4.78, 5) is 24.8. The Balaban J connectivity index is 2.42. The number of methoxy groups -OCH3 is 1. The second-order valence-corrected chi connectivity index (χ2v) is 9.61. The fourth-order valence-electron chi connectivity index (χ4n) is 2.47. The number of esters is 1. The Morgan fingerprint density at radius 2 is 1.79 bits per heavy atom. The van der Waals surface area contributed by atoms with Gasteiger partial charge >= 0.3 is 22.3 Å². The van der Waals surface area contributed by atoms with Gasteiger partial charge in [-0.05, 0) is 38.8 Å². The van der Waals surface area contributed by atoms with E-state index < -0.39 is 34.4 Å². The minimum atomic E-state index is -4.43. The van der Waals surface area contributed by atoms with Crippen LogP contribution in [0.25, 0.3) is 10.4 Å². The highest BCUT2D eigenvalue weighted by Gasteiger charge is 2.31. The Morgan fingerprint density at radius 1 is 1.17 bits per heavy atom. The molecule has 0 unspecified atom stereocenters. The van der Waals surface area contributed by atoms with Gasteiger partial charge in [-0.15, -0.1) is 11.3 Å². The standard InChI is InChI=1S/C19H24N2O6S2/c1-13-15(12-28-17(13)14-9-7-6-8-10-14)21(11-16(22)26-5)29(24,25)20-18(23)27-19(2,3)4/h6-10,12H,11H2,1-5H3,(H,20,23). The molecule has 2 rings (SSSR count).